The van der Waals surface area contributed by atoms with E-state index in [-0.39, 0.29) is 17.6 Å². The lowest BCUT2D eigenvalue weighted by atomic mass is 10.2. The van der Waals surface area contributed by atoms with Crippen molar-refractivity contribution in [3.05, 3.63) is 74.0 Å². The Balaban J connectivity index is 1.77. The van der Waals surface area contributed by atoms with Crippen molar-refractivity contribution in [2.24, 2.45) is 12.0 Å². The summed E-state index contributed by atoms with van der Waals surface area (Å²) in [6, 6.07) is 11.4. The van der Waals surface area contributed by atoms with E-state index in [1.165, 1.54) is 16.7 Å². The van der Waals surface area contributed by atoms with Gasteiger partial charge in [0.15, 0.2) is 5.17 Å². The number of aliphatic imine (C=N–C) groups is 1. The molecule has 3 aromatic rings. The van der Waals surface area contributed by atoms with Crippen molar-refractivity contribution >= 4 is 45.9 Å². The lowest BCUT2D eigenvalue weighted by Crippen LogP contribution is -2.35. The molecule has 0 saturated heterocycles. The third kappa shape index (κ3) is 4.68. The molecule has 3 heterocycles. The summed E-state index contributed by atoms with van der Waals surface area (Å²) >= 11 is 2.98. The number of amidine groups is 1. The molecule has 0 unspecified atom stereocenters. The molecule has 0 saturated carbocycles. The van der Waals surface area contributed by atoms with Crippen molar-refractivity contribution < 1.29 is 9.53 Å². The maximum Gasteiger partial charge on any atom is 0.296 e. The average Bonchev–Trinajstić information content (AvgIpc) is 3.41. The number of aromatic nitrogens is 2. The van der Waals surface area contributed by atoms with Gasteiger partial charge in [0.2, 0.25) is 0 Å². The summed E-state index contributed by atoms with van der Waals surface area (Å²) in [5.41, 5.74) is 2.88. The fourth-order valence-corrected chi connectivity index (χ4v) is 5.36. The summed E-state index contributed by atoms with van der Waals surface area (Å²) < 4.78 is 9.01. The van der Waals surface area contributed by atoms with E-state index in [0.717, 1.165) is 16.1 Å². The second kappa shape index (κ2) is 10.2. The van der Waals surface area contributed by atoms with Gasteiger partial charge in [0, 0.05) is 17.7 Å². The van der Waals surface area contributed by atoms with Crippen LogP contribution < -0.4 is 10.5 Å². The molecule has 9 heteroatoms. The highest BCUT2D eigenvalue weighted by Gasteiger charge is 2.36. The first-order valence-electron chi connectivity index (χ1n) is 11.1. The zero-order valence-corrected chi connectivity index (χ0v) is 21.6. The van der Waals surface area contributed by atoms with Crippen LogP contribution in [0.2, 0.25) is 0 Å². The number of benzene rings is 1. The van der Waals surface area contributed by atoms with Gasteiger partial charge in [-0.3, -0.25) is 14.3 Å². The quantitative estimate of drug-likeness (QED) is 0.350. The zero-order valence-electron chi connectivity index (χ0n) is 19.9. The van der Waals surface area contributed by atoms with Gasteiger partial charge in [-0.25, -0.2) is 14.6 Å². The molecule has 0 radical (unpaired) electrons. The van der Waals surface area contributed by atoms with E-state index in [0.29, 0.717) is 34.6 Å². The van der Waals surface area contributed by atoms with Crippen molar-refractivity contribution in [2.75, 3.05) is 17.3 Å². The number of rotatable bonds is 7. The van der Waals surface area contributed by atoms with Gasteiger partial charge in [-0.15, -0.1) is 11.3 Å². The summed E-state index contributed by atoms with van der Waals surface area (Å²) in [5, 5.41) is 2.48. The summed E-state index contributed by atoms with van der Waals surface area (Å²) in [7, 11) is 1.82. The summed E-state index contributed by atoms with van der Waals surface area (Å²) in [6.07, 6.45) is 1.93. The number of thioether (sulfide) groups is 1. The van der Waals surface area contributed by atoms with Gasteiger partial charge in [0.25, 0.3) is 11.5 Å². The van der Waals surface area contributed by atoms with Gasteiger partial charge in [0.1, 0.15) is 11.4 Å². The SMILES string of the molecule is Cc1ccsc1/C=C1\N=C(SCCOC(C)C)N(c2c(C)n(C)n(-c3ccccc3)c2=O)C1=O. The van der Waals surface area contributed by atoms with E-state index >= 15 is 0 Å². The third-order valence-electron chi connectivity index (χ3n) is 5.51. The Morgan fingerprint density at radius 2 is 1.88 bits per heavy atom. The molecule has 0 N–H and O–H groups in total. The minimum Gasteiger partial charge on any atom is -0.378 e. The smallest absolute Gasteiger partial charge is 0.296 e. The molecule has 178 valence electrons. The Morgan fingerprint density at radius 3 is 2.53 bits per heavy atom. The predicted molar refractivity (Wildman–Crippen MR) is 141 cm³/mol. The van der Waals surface area contributed by atoms with Crippen LogP contribution in [0.25, 0.3) is 11.8 Å². The van der Waals surface area contributed by atoms with E-state index < -0.39 is 0 Å². The molecule has 0 aliphatic carbocycles. The van der Waals surface area contributed by atoms with Crippen LogP contribution in [0.5, 0.6) is 0 Å². The monoisotopic (exact) mass is 496 g/mol. The Bertz CT molecular complexity index is 1320. The van der Waals surface area contributed by atoms with Crippen LogP contribution in [-0.4, -0.2) is 38.9 Å². The number of hydrogen-bond donors (Lipinski definition) is 0. The highest BCUT2D eigenvalue weighted by Crippen LogP contribution is 2.31. The van der Waals surface area contributed by atoms with E-state index in [1.54, 1.807) is 20.7 Å². The van der Waals surface area contributed by atoms with E-state index in [2.05, 4.69) is 4.99 Å². The number of aryl methyl sites for hydroxylation is 1. The van der Waals surface area contributed by atoms with Crippen LogP contribution in [0.3, 0.4) is 0 Å². The molecule has 0 fully saturated rings. The molecule has 1 amide bonds. The second-order valence-electron chi connectivity index (χ2n) is 8.21. The Morgan fingerprint density at radius 1 is 1.15 bits per heavy atom. The number of carbonyl (C=O) groups excluding carboxylic acids is 1. The van der Waals surface area contributed by atoms with Gasteiger partial charge >= 0.3 is 0 Å². The first kappa shape index (κ1) is 24.3. The van der Waals surface area contributed by atoms with E-state index in [1.807, 2.05) is 82.6 Å². The Labute approximate surface area is 207 Å². The van der Waals surface area contributed by atoms with Crippen LogP contribution in [-0.2, 0) is 16.6 Å². The molecule has 34 heavy (non-hydrogen) atoms. The van der Waals surface area contributed by atoms with Crippen molar-refractivity contribution in [1.29, 1.82) is 0 Å². The van der Waals surface area contributed by atoms with Crippen molar-refractivity contribution in [2.45, 2.75) is 33.8 Å². The van der Waals surface area contributed by atoms with Crippen LogP contribution in [0, 0.1) is 13.8 Å². The number of nitrogens with zero attached hydrogens (tertiary/aromatic N) is 4. The molecule has 2 aromatic heterocycles. The lowest BCUT2D eigenvalue weighted by Gasteiger charge is -2.16. The predicted octanol–water partition coefficient (Wildman–Crippen LogP) is 4.76. The topological polar surface area (TPSA) is 68.8 Å². The first-order valence-corrected chi connectivity index (χ1v) is 12.9. The van der Waals surface area contributed by atoms with Crippen LogP contribution >= 0.6 is 23.1 Å². The van der Waals surface area contributed by atoms with Crippen molar-refractivity contribution in [1.82, 2.24) is 9.36 Å². The standard InChI is InChI=1S/C25H28N4O3S2/c1-16(2)32-12-14-34-25-26-20(15-21-17(3)11-13-33-21)23(30)28(25)22-18(4)27(5)29(24(22)31)19-9-7-6-8-10-19/h6-11,13,15-16H,12,14H2,1-5H3/b20-15-. The number of ether oxygens (including phenoxy) is 1. The molecule has 1 aliphatic rings. The average molecular weight is 497 g/mol. The van der Waals surface area contributed by atoms with Crippen molar-refractivity contribution in [3.63, 3.8) is 0 Å². The first-order chi connectivity index (χ1) is 16.3. The van der Waals surface area contributed by atoms with Crippen LogP contribution in [0.4, 0.5) is 5.69 Å². The van der Waals surface area contributed by atoms with Crippen LogP contribution in [0.15, 0.2) is 57.3 Å². The maximum atomic E-state index is 13.6. The largest absolute Gasteiger partial charge is 0.378 e. The highest BCUT2D eigenvalue weighted by molar-refractivity contribution is 8.14. The molecular weight excluding hydrogens is 468 g/mol. The molecular formula is C25H28N4O3S2. The normalized spacial score (nSPS) is 15.1. The van der Waals surface area contributed by atoms with Gasteiger partial charge in [-0.2, -0.15) is 0 Å². The molecule has 1 aromatic carbocycles. The van der Waals surface area contributed by atoms with Gasteiger partial charge in [0.05, 0.1) is 24.1 Å². The molecule has 7 nitrogen and oxygen atoms in total. The van der Waals surface area contributed by atoms with Crippen molar-refractivity contribution in [3.8, 4) is 5.69 Å². The molecule has 0 atom stereocenters. The number of para-hydroxylation sites is 1. The third-order valence-corrected chi connectivity index (χ3v) is 7.38. The van der Waals surface area contributed by atoms with E-state index in [4.69, 9.17) is 4.74 Å². The molecule has 0 spiro atoms. The number of hydrogen-bond acceptors (Lipinski definition) is 6. The van der Waals surface area contributed by atoms with Crippen LogP contribution in [0.1, 0.15) is 30.0 Å². The Kier molecular flexibility index (Phi) is 7.25. The molecule has 4 rings (SSSR count). The van der Waals surface area contributed by atoms with E-state index in [9.17, 15) is 9.59 Å². The lowest BCUT2D eigenvalue weighted by molar-refractivity contribution is -0.113. The molecule has 1 aliphatic heterocycles. The Hall–Kier alpha value is -2.88. The summed E-state index contributed by atoms with van der Waals surface area (Å²) in [6.45, 7) is 8.34. The summed E-state index contributed by atoms with van der Waals surface area (Å²) in [4.78, 5) is 34.3. The fraction of sp³-hybridized carbons (Fsp3) is 0.320. The minimum atomic E-state index is -0.300. The number of carbonyl (C=O) groups is 1. The number of thiophene rings is 1. The second-order valence-corrected chi connectivity index (χ2v) is 10.2. The molecule has 0 bridgehead atoms. The highest BCUT2D eigenvalue weighted by atomic mass is 32.2. The summed E-state index contributed by atoms with van der Waals surface area (Å²) in [5.74, 6) is 0.316. The minimum absolute atomic E-state index is 0.121. The number of anilines is 1. The fourth-order valence-electron chi connectivity index (χ4n) is 3.68. The zero-order chi connectivity index (χ0) is 24.4. The van der Waals surface area contributed by atoms with Gasteiger partial charge < -0.3 is 4.74 Å². The van der Waals surface area contributed by atoms with Gasteiger partial charge in [-0.05, 0) is 62.9 Å². The van der Waals surface area contributed by atoms with Gasteiger partial charge in [-0.1, -0.05) is 30.0 Å². The number of amides is 1. The maximum absolute atomic E-state index is 13.6.